The van der Waals surface area contributed by atoms with E-state index in [9.17, 15) is 0 Å². The van der Waals surface area contributed by atoms with E-state index in [0.717, 1.165) is 64.5 Å². The molecule has 5 heteroatoms. The number of aromatic amines is 1. The van der Waals surface area contributed by atoms with Crippen LogP contribution in [0.5, 0.6) is 0 Å². The fourth-order valence-electron chi connectivity index (χ4n) is 3.09. The highest BCUT2D eigenvalue weighted by atomic mass is 16.5. The summed E-state index contributed by atoms with van der Waals surface area (Å²) in [6.45, 7) is 10.5. The molecule has 0 atom stereocenters. The number of H-pyrrole nitrogens is 1. The quantitative estimate of drug-likeness (QED) is 0.326. The van der Waals surface area contributed by atoms with E-state index in [2.05, 4.69) is 58.9 Å². The number of ether oxygens (including phenoxy) is 1. The fraction of sp³-hybridized carbons (Fsp3) is 0.571. The average Bonchev–Trinajstić information content (AvgIpc) is 3.07. The van der Waals surface area contributed by atoms with Gasteiger partial charge in [0.25, 0.3) is 0 Å². The molecule has 0 unspecified atom stereocenters. The Bertz CT molecular complexity index is 678. The number of guanidine groups is 1. The molecule has 0 spiro atoms. The van der Waals surface area contributed by atoms with Crippen molar-refractivity contribution < 1.29 is 4.74 Å². The Morgan fingerprint density at radius 1 is 1.12 bits per heavy atom. The van der Waals surface area contributed by atoms with Crippen LogP contribution in [0.4, 0.5) is 0 Å². The maximum absolute atomic E-state index is 5.36. The van der Waals surface area contributed by atoms with Crippen molar-refractivity contribution in [3.8, 4) is 0 Å². The normalized spacial score (nSPS) is 11.9. The number of benzene rings is 1. The third-order valence-electron chi connectivity index (χ3n) is 4.47. The number of rotatable bonds is 11. The number of para-hydroxylation sites is 1. The molecule has 0 saturated carbocycles. The first-order chi connectivity index (χ1) is 12.8. The smallest absolute Gasteiger partial charge is 0.191 e. The van der Waals surface area contributed by atoms with Gasteiger partial charge in [0.15, 0.2) is 5.96 Å². The number of aliphatic imine (C=N–C) groups is 1. The van der Waals surface area contributed by atoms with Crippen LogP contribution in [-0.2, 0) is 17.6 Å². The molecular formula is C21H34N4O. The van der Waals surface area contributed by atoms with Gasteiger partial charge in [0.1, 0.15) is 0 Å². The molecule has 2 rings (SSSR count). The molecule has 2 aromatic rings. The maximum Gasteiger partial charge on any atom is 0.191 e. The maximum atomic E-state index is 5.36. The molecule has 0 aliphatic rings. The van der Waals surface area contributed by atoms with E-state index in [1.165, 1.54) is 22.0 Å². The lowest BCUT2D eigenvalue weighted by molar-refractivity contribution is 0.144. The first-order valence-electron chi connectivity index (χ1n) is 9.97. The highest BCUT2D eigenvalue weighted by Gasteiger charge is 2.06. The molecule has 1 aromatic heterocycles. The molecule has 0 aliphatic heterocycles. The third kappa shape index (κ3) is 6.06. The summed E-state index contributed by atoms with van der Waals surface area (Å²) in [7, 11) is 0. The van der Waals surface area contributed by atoms with Gasteiger partial charge in [-0.1, -0.05) is 25.1 Å². The molecule has 0 aliphatic carbocycles. The van der Waals surface area contributed by atoms with Gasteiger partial charge in [0.05, 0.1) is 0 Å². The van der Waals surface area contributed by atoms with Crippen LogP contribution >= 0.6 is 0 Å². The number of fused-ring (bicyclic) bond motifs is 1. The summed E-state index contributed by atoms with van der Waals surface area (Å²) in [6, 6.07) is 6.56. The number of hydrogen-bond acceptors (Lipinski definition) is 2. The van der Waals surface area contributed by atoms with Crippen LogP contribution in [-0.4, -0.2) is 43.8 Å². The van der Waals surface area contributed by atoms with Crippen LogP contribution in [0.25, 0.3) is 10.9 Å². The Kier molecular flexibility index (Phi) is 9.04. The van der Waals surface area contributed by atoms with Gasteiger partial charge in [0.2, 0.25) is 0 Å². The lowest BCUT2D eigenvalue weighted by Crippen LogP contribution is -2.38. The minimum absolute atomic E-state index is 0.793. The summed E-state index contributed by atoms with van der Waals surface area (Å²) in [5.74, 6) is 0.901. The first kappa shape index (κ1) is 20.3. The van der Waals surface area contributed by atoms with E-state index in [1.807, 2.05) is 6.92 Å². The highest BCUT2D eigenvalue weighted by Crippen LogP contribution is 2.22. The van der Waals surface area contributed by atoms with E-state index < -0.39 is 0 Å². The summed E-state index contributed by atoms with van der Waals surface area (Å²) in [5.41, 5.74) is 4.01. The van der Waals surface area contributed by atoms with Gasteiger partial charge >= 0.3 is 0 Å². The second kappa shape index (κ2) is 11.6. The largest absolute Gasteiger partial charge is 0.382 e. The van der Waals surface area contributed by atoms with Crippen molar-refractivity contribution in [2.45, 2.75) is 46.5 Å². The van der Waals surface area contributed by atoms with E-state index in [1.54, 1.807) is 0 Å². The average molecular weight is 359 g/mol. The van der Waals surface area contributed by atoms with Gasteiger partial charge in [-0.05, 0) is 50.7 Å². The highest BCUT2D eigenvalue weighted by molar-refractivity contribution is 5.86. The fourth-order valence-corrected chi connectivity index (χ4v) is 3.09. The zero-order valence-corrected chi connectivity index (χ0v) is 16.5. The van der Waals surface area contributed by atoms with Gasteiger partial charge in [0, 0.05) is 49.9 Å². The summed E-state index contributed by atoms with van der Waals surface area (Å²) >= 11 is 0. The van der Waals surface area contributed by atoms with Crippen LogP contribution in [0.3, 0.4) is 0 Å². The second-order valence-corrected chi connectivity index (χ2v) is 6.35. The molecule has 0 saturated heterocycles. The SMILES string of the molecule is CCNC(=NCCCCOCC)NCCc1c[nH]c2c(CC)cccc12. The number of nitrogens with zero attached hydrogens (tertiary/aromatic N) is 1. The monoisotopic (exact) mass is 358 g/mol. The molecular weight excluding hydrogens is 324 g/mol. The third-order valence-corrected chi connectivity index (χ3v) is 4.47. The molecule has 1 aromatic carbocycles. The van der Waals surface area contributed by atoms with E-state index >= 15 is 0 Å². The summed E-state index contributed by atoms with van der Waals surface area (Å²) in [6.07, 6.45) is 6.28. The van der Waals surface area contributed by atoms with Gasteiger partial charge < -0.3 is 20.4 Å². The number of nitrogens with one attached hydrogen (secondary N) is 3. The van der Waals surface area contributed by atoms with Crippen LogP contribution in [0.2, 0.25) is 0 Å². The predicted octanol–water partition coefficient (Wildman–Crippen LogP) is 3.64. The second-order valence-electron chi connectivity index (χ2n) is 6.35. The van der Waals surface area contributed by atoms with Gasteiger partial charge in [-0.15, -0.1) is 0 Å². The Balaban J connectivity index is 1.83. The number of unbranched alkanes of at least 4 members (excludes halogenated alkanes) is 1. The van der Waals surface area contributed by atoms with Crippen LogP contribution in [0, 0.1) is 0 Å². The van der Waals surface area contributed by atoms with Crippen molar-refractivity contribution in [3.63, 3.8) is 0 Å². The minimum atomic E-state index is 0.793. The minimum Gasteiger partial charge on any atom is -0.382 e. The van der Waals surface area contributed by atoms with E-state index in [-0.39, 0.29) is 0 Å². The summed E-state index contributed by atoms with van der Waals surface area (Å²) < 4.78 is 5.36. The Hall–Kier alpha value is -2.01. The first-order valence-corrected chi connectivity index (χ1v) is 9.97. The zero-order chi connectivity index (χ0) is 18.6. The van der Waals surface area contributed by atoms with E-state index in [4.69, 9.17) is 4.74 Å². The Morgan fingerprint density at radius 3 is 2.77 bits per heavy atom. The molecule has 1 heterocycles. The zero-order valence-electron chi connectivity index (χ0n) is 16.5. The summed E-state index contributed by atoms with van der Waals surface area (Å²) in [4.78, 5) is 8.09. The van der Waals surface area contributed by atoms with Crippen LogP contribution in [0.15, 0.2) is 29.4 Å². The van der Waals surface area contributed by atoms with Crippen molar-refractivity contribution in [1.82, 2.24) is 15.6 Å². The Morgan fingerprint density at radius 2 is 2.00 bits per heavy atom. The van der Waals surface area contributed by atoms with Crippen molar-refractivity contribution in [2.75, 3.05) is 32.8 Å². The molecule has 26 heavy (non-hydrogen) atoms. The standard InChI is InChI=1S/C21H34N4O/c1-4-17-10-9-11-19-18(16-25-20(17)19)12-14-24-21(22-5-2)23-13-7-8-15-26-6-3/h9-11,16,25H,4-8,12-15H2,1-3H3,(H2,22,23,24). The number of aryl methyl sites for hydroxylation is 1. The van der Waals surface area contributed by atoms with E-state index in [0.29, 0.717) is 0 Å². The molecule has 0 bridgehead atoms. The lowest BCUT2D eigenvalue weighted by Gasteiger charge is -2.11. The molecule has 0 amide bonds. The van der Waals surface area contributed by atoms with Gasteiger partial charge in [-0.25, -0.2) is 0 Å². The number of aromatic nitrogens is 1. The van der Waals surface area contributed by atoms with Crippen molar-refractivity contribution in [3.05, 3.63) is 35.5 Å². The number of hydrogen-bond donors (Lipinski definition) is 3. The topological polar surface area (TPSA) is 61.4 Å². The lowest BCUT2D eigenvalue weighted by atomic mass is 10.1. The predicted molar refractivity (Wildman–Crippen MR) is 111 cm³/mol. The molecule has 144 valence electrons. The van der Waals surface area contributed by atoms with Gasteiger partial charge in [-0.3, -0.25) is 4.99 Å². The Labute approximate surface area is 157 Å². The molecule has 3 N–H and O–H groups in total. The molecule has 5 nitrogen and oxygen atoms in total. The molecule has 0 radical (unpaired) electrons. The van der Waals surface area contributed by atoms with Crippen molar-refractivity contribution in [2.24, 2.45) is 4.99 Å². The van der Waals surface area contributed by atoms with Crippen molar-refractivity contribution in [1.29, 1.82) is 0 Å². The summed E-state index contributed by atoms with van der Waals surface area (Å²) in [5, 5.41) is 8.11. The van der Waals surface area contributed by atoms with Crippen molar-refractivity contribution >= 4 is 16.9 Å². The molecule has 0 fully saturated rings. The van der Waals surface area contributed by atoms with Crippen LogP contribution < -0.4 is 10.6 Å². The van der Waals surface area contributed by atoms with Crippen LogP contribution in [0.1, 0.15) is 44.7 Å². The van der Waals surface area contributed by atoms with Gasteiger partial charge in [-0.2, -0.15) is 0 Å².